The Hall–Kier alpha value is -1.65. The topological polar surface area (TPSA) is 50.1 Å². The van der Waals surface area contributed by atoms with E-state index in [1.165, 1.54) is 23.2 Å². The zero-order valence-corrected chi connectivity index (χ0v) is 15.0. The molecule has 130 valence electrons. The highest BCUT2D eigenvalue weighted by Gasteiger charge is 2.31. The van der Waals surface area contributed by atoms with E-state index in [2.05, 4.69) is 48.5 Å². The van der Waals surface area contributed by atoms with Crippen molar-refractivity contribution in [1.29, 1.82) is 0 Å². The van der Waals surface area contributed by atoms with E-state index in [1.807, 2.05) is 24.0 Å². The third-order valence-corrected chi connectivity index (χ3v) is 5.50. The van der Waals surface area contributed by atoms with E-state index in [-0.39, 0.29) is 17.9 Å². The van der Waals surface area contributed by atoms with Gasteiger partial charge in [0.2, 0.25) is 0 Å². The van der Waals surface area contributed by atoms with Gasteiger partial charge in [-0.05, 0) is 30.2 Å². The molecule has 0 fully saturated rings. The summed E-state index contributed by atoms with van der Waals surface area (Å²) in [6, 6.07) is 10.9. The van der Waals surface area contributed by atoms with Crippen LogP contribution in [-0.2, 0) is 13.5 Å². The first-order chi connectivity index (χ1) is 11.5. The molecule has 24 heavy (non-hydrogen) atoms. The summed E-state index contributed by atoms with van der Waals surface area (Å²) in [6.45, 7) is 5.32. The van der Waals surface area contributed by atoms with E-state index < -0.39 is 0 Å². The minimum absolute atomic E-state index is 0.166. The smallest absolute Gasteiger partial charge is 0.0540 e. The molecule has 3 rings (SSSR count). The fourth-order valence-electron chi connectivity index (χ4n) is 3.82. The highest BCUT2D eigenvalue weighted by atomic mass is 16.3. The normalized spacial score (nSPS) is 19.1. The third kappa shape index (κ3) is 3.40. The van der Waals surface area contributed by atoms with Crippen LogP contribution in [0.1, 0.15) is 55.5 Å². The van der Waals surface area contributed by atoms with Gasteiger partial charge in [-0.2, -0.15) is 5.10 Å². The van der Waals surface area contributed by atoms with E-state index in [0.29, 0.717) is 6.04 Å². The molecule has 0 unspecified atom stereocenters. The fourth-order valence-corrected chi connectivity index (χ4v) is 3.82. The molecule has 0 saturated heterocycles. The molecule has 0 spiro atoms. The predicted octanol–water partition coefficient (Wildman–Crippen LogP) is 3.19. The fraction of sp³-hybridized carbons (Fsp3) is 0.550. The summed E-state index contributed by atoms with van der Waals surface area (Å²) in [5.41, 5.74) is 3.82. The van der Waals surface area contributed by atoms with Crippen molar-refractivity contribution >= 4 is 0 Å². The average Bonchev–Trinajstić information content (AvgIpc) is 2.98. The molecule has 1 aromatic carbocycles. The molecule has 0 bridgehead atoms. The van der Waals surface area contributed by atoms with Crippen molar-refractivity contribution in [3.8, 4) is 0 Å². The highest BCUT2D eigenvalue weighted by molar-refractivity contribution is 5.26. The second-order valence-corrected chi connectivity index (χ2v) is 7.63. The van der Waals surface area contributed by atoms with E-state index in [9.17, 15) is 5.11 Å². The van der Waals surface area contributed by atoms with Crippen LogP contribution in [0.25, 0.3) is 0 Å². The molecule has 2 N–H and O–H groups in total. The molecule has 2 aromatic rings. The van der Waals surface area contributed by atoms with Crippen molar-refractivity contribution in [2.75, 3.05) is 13.2 Å². The SMILES string of the molecule is Cn1ncc2c1CCC[C@@H]2NC[C@@H](c1ccccc1)C(C)(C)CO. The molecule has 4 nitrogen and oxygen atoms in total. The standard InChI is InChI=1S/C20H29N3O/c1-20(2,14-24)17(15-8-5-4-6-9-15)13-21-18-10-7-11-19-16(18)12-22-23(19)3/h4-6,8-9,12,17-18,21,24H,7,10-11,13-14H2,1-3H3/t17-,18-/m0/s1. The first kappa shape index (κ1) is 17.2. The molecule has 0 radical (unpaired) electrons. The van der Waals surface area contributed by atoms with Gasteiger partial charge in [-0.25, -0.2) is 0 Å². The molecular weight excluding hydrogens is 298 g/mol. The number of aromatic nitrogens is 2. The average molecular weight is 327 g/mol. The van der Waals surface area contributed by atoms with Gasteiger partial charge in [0, 0.05) is 43.4 Å². The number of hydrogen-bond acceptors (Lipinski definition) is 3. The number of nitrogens with zero attached hydrogens (tertiary/aromatic N) is 2. The lowest BCUT2D eigenvalue weighted by atomic mass is 9.75. The Morgan fingerprint density at radius 1 is 1.33 bits per heavy atom. The predicted molar refractivity (Wildman–Crippen MR) is 96.9 cm³/mol. The van der Waals surface area contributed by atoms with Crippen LogP contribution < -0.4 is 5.32 Å². The van der Waals surface area contributed by atoms with Crippen LogP contribution >= 0.6 is 0 Å². The number of aliphatic hydroxyl groups excluding tert-OH is 1. The van der Waals surface area contributed by atoms with Crippen LogP contribution in [0.4, 0.5) is 0 Å². The third-order valence-electron chi connectivity index (χ3n) is 5.50. The summed E-state index contributed by atoms with van der Waals surface area (Å²) in [7, 11) is 2.03. The van der Waals surface area contributed by atoms with Crippen molar-refractivity contribution in [3.05, 3.63) is 53.3 Å². The lowest BCUT2D eigenvalue weighted by molar-refractivity contribution is 0.127. The van der Waals surface area contributed by atoms with Crippen molar-refractivity contribution < 1.29 is 5.11 Å². The maximum Gasteiger partial charge on any atom is 0.0540 e. The van der Waals surface area contributed by atoms with Gasteiger partial charge in [0.25, 0.3) is 0 Å². The summed E-state index contributed by atoms with van der Waals surface area (Å²) in [4.78, 5) is 0. The minimum atomic E-state index is -0.166. The summed E-state index contributed by atoms with van der Waals surface area (Å²) in [6.07, 6.45) is 5.48. The number of benzene rings is 1. The first-order valence-corrected chi connectivity index (χ1v) is 8.93. The van der Waals surface area contributed by atoms with Crippen LogP contribution in [-0.4, -0.2) is 28.0 Å². The second-order valence-electron chi connectivity index (χ2n) is 7.63. The maximum absolute atomic E-state index is 9.88. The molecule has 0 saturated carbocycles. The van der Waals surface area contributed by atoms with Gasteiger partial charge in [-0.15, -0.1) is 0 Å². The number of rotatable bonds is 6. The van der Waals surface area contributed by atoms with Crippen molar-refractivity contribution in [1.82, 2.24) is 15.1 Å². The molecule has 1 aliphatic carbocycles. The van der Waals surface area contributed by atoms with Crippen molar-refractivity contribution in [2.45, 2.75) is 45.1 Å². The van der Waals surface area contributed by atoms with Crippen LogP contribution in [0.15, 0.2) is 36.5 Å². The Morgan fingerprint density at radius 3 is 2.79 bits per heavy atom. The summed E-state index contributed by atoms with van der Waals surface area (Å²) < 4.78 is 2.01. The lowest BCUT2D eigenvalue weighted by Crippen LogP contribution is -2.36. The summed E-state index contributed by atoms with van der Waals surface area (Å²) in [5, 5.41) is 18.1. The molecule has 4 heteroatoms. The van der Waals surface area contributed by atoms with Crippen LogP contribution in [0.2, 0.25) is 0 Å². The van der Waals surface area contributed by atoms with E-state index >= 15 is 0 Å². The quantitative estimate of drug-likeness (QED) is 0.857. The Bertz CT molecular complexity index is 663. The van der Waals surface area contributed by atoms with E-state index in [1.54, 1.807) is 0 Å². The van der Waals surface area contributed by atoms with Gasteiger partial charge < -0.3 is 10.4 Å². The number of fused-ring (bicyclic) bond motifs is 1. The van der Waals surface area contributed by atoms with Crippen LogP contribution in [0.3, 0.4) is 0 Å². The largest absolute Gasteiger partial charge is 0.396 e. The molecule has 1 aromatic heterocycles. The van der Waals surface area contributed by atoms with Gasteiger partial charge in [0.1, 0.15) is 0 Å². The highest BCUT2D eigenvalue weighted by Crippen LogP contribution is 2.36. The molecule has 1 aliphatic rings. The number of hydrogen-bond donors (Lipinski definition) is 2. The zero-order chi connectivity index (χ0) is 17.2. The number of aliphatic hydroxyl groups is 1. The van der Waals surface area contributed by atoms with Crippen LogP contribution in [0, 0.1) is 5.41 Å². The lowest BCUT2D eigenvalue weighted by Gasteiger charge is -2.35. The Kier molecular flexibility index (Phi) is 5.07. The van der Waals surface area contributed by atoms with Crippen molar-refractivity contribution in [2.24, 2.45) is 12.5 Å². The Labute approximate surface area is 144 Å². The molecular formula is C20H29N3O. The van der Waals surface area contributed by atoms with Gasteiger partial charge in [-0.3, -0.25) is 4.68 Å². The van der Waals surface area contributed by atoms with Gasteiger partial charge in [0.05, 0.1) is 6.20 Å². The summed E-state index contributed by atoms with van der Waals surface area (Å²) >= 11 is 0. The Balaban J connectivity index is 1.77. The number of aryl methyl sites for hydroxylation is 1. The zero-order valence-electron chi connectivity index (χ0n) is 15.0. The van der Waals surface area contributed by atoms with E-state index in [0.717, 1.165) is 19.4 Å². The van der Waals surface area contributed by atoms with Gasteiger partial charge in [-0.1, -0.05) is 44.2 Å². The first-order valence-electron chi connectivity index (χ1n) is 8.93. The number of nitrogens with one attached hydrogen (secondary N) is 1. The van der Waals surface area contributed by atoms with Crippen molar-refractivity contribution in [3.63, 3.8) is 0 Å². The minimum Gasteiger partial charge on any atom is -0.396 e. The monoisotopic (exact) mass is 327 g/mol. The molecule has 0 aliphatic heterocycles. The second kappa shape index (κ2) is 7.08. The maximum atomic E-state index is 9.88. The van der Waals surface area contributed by atoms with Gasteiger partial charge >= 0.3 is 0 Å². The molecule has 1 heterocycles. The van der Waals surface area contributed by atoms with E-state index in [4.69, 9.17) is 0 Å². The summed E-state index contributed by atoms with van der Waals surface area (Å²) in [5.74, 6) is 0.269. The van der Waals surface area contributed by atoms with Crippen LogP contribution in [0.5, 0.6) is 0 Å². The Morgan fingerprint density at radius 2 is 2.08 bits per heavy atom. The van der Waals surface area contributed by atoms with Gasteiger partial charge in [0.15, 0.2) is 0 Å². The molecule has 0 amide bonds. The molecule has 2 atom stereocenters.